The quantitative estimate of drug-likeness (QED) is 0.762. The maximum absolute atomic E-state index is 6.04. The Kier molecular flexibility index (Phi) is 7.72. The molecule has 1 unspecified atom stereocenters. The molecule has 0 radical (unpaired) electrons. The number of nitrogens with one attached hydrogen (secondary N) is 1. The molecule has 0 bridgehead atoms. The predicted octanol–water partition coefficient (Wildman–Crippen LogP) is 4.59. The molecular weight excluding hydrogens is 365 g/mol. The fraction of sp³-hybridized carbons (Fsp3) is 0.333. The van der Waals surface area contributed by atoms with Crippen LogP contribution in [0.5, 0.6) is 5.75 Å². The molecule has 1 aliphatic rings. The third kappa shape index (κ3) is 4.80. The number of morpholine rings is 1. The number of benzene rings is 2. The normalized spacial score (nSPS) is 18.5. The number of halogens is 2. The van der Waals surface area contributed by atoms with Crippen LogP contribution in [0.3, 0.4) is 0 Å². The van der Waals surface area contributed by atoms with Crippen LogP contribution in [0, 0.1) is 0 Å². The smallest absolute Gasteiger partial charge is 0.132 e. The maximum atomic E-state index is 6.04. The summed E-state index contributed by atoms with van der Waals surface area (Å²) >= 11 is 7.81. The molecule has 1 aliphatic heterocycles. The van der Waals surface area contributed by atoms with Crippen molar-refractivity contribution in [2.75, 3.05) is 26.8 Å². The first-order chi connectivity index (χ1) is 11.3. The zero-order valence-corrected chi connectivity index (χ0v) is 15.8. The van der Waals surface area contributed by atoms with Gasteiger partial charge in [-0.3, -0.25) is 0 Å². The first kappa shape index (κ1) is 19.4. The molecule has 24 heavy (non-hydrogen) atoms. The molecule has 3 rings (SSSR count). The second-order valence-electron chi connectivity index (χ2n) is 5.35. The van der Waals surface area contributed by atoms with E-state index < -0.39 is 0 Å². The average molecular weight is 386 g/mol. The van der Waals surface area contributed by atoms with Crippen molar-refractivity contribution in [2.24, 2.45) is 0 Å². The van der Waals surface area contributed by atoms with Gasteiger partial charge in [0.25, 0.3) is 0 Å². The second-order valence-corrected chi connectivity index (χ2v) is 6.97. The molecule has 130 valence electrons. The van der Waals surface area contributed by atoms with Crippen molar-refractivity contribution in [2.45, 2.75) is 16.2 Å². The highest BCUT2D eigenvalue weighted by molar-refractivity contribution is 7.99. The number of para-hydroxylation sites is 1. The molecule has 2 aromatic rings. The van der Waals surface area contributed by atoms with E-state index in [2.05, 4.69) is 23.5 Å². The number of hydrogen-bond donors (Lipinski definition) is 1. The summed E-state index contributed by atoms with van der Waals surface area (Å²) in [5, 5.41) is 4.34. The van der Waals surface area contributed by atoms with Crippen LogP contribution < -0.4 is 10.1 Å². The van der Waals surface area contributed by atoms with E-state index in [9.17, 15) is 0 Å². The Balaban J connectivity index is 0.00000208. The first-order valence-electron chi connectivity index (χ1n) is 7.65. The summed E-state index contributed by atoms with van der Waals surface area (Å²) < 4.78 is 11.5. The molecular formula is C18H21Cl2NO2S. The average Bonchev–Trinajstić information content (AvgIpc) is 2.61. The van der Waals surface area contributed by atoms with E-state index in [1.54, 1.807) is 18.9 Å². The van der Waals surface area contributed by atoms with Crippen molar-refractivity contribution in [1.82, 2.24) is 5.32 Å². The number of thioether (sulfide) groups is 1. The van der Waals surface area contributed by atoms with Crippen LogP contribution in [0.4, 0.5) is 0 Å². The predicted molar refractivity (Wildman–Crippen MR) is 103 cm³/mol. The Morgan fingerprint density at radius 3 is 2.62 bits per heavy atom. The summed E-state index contributed by atoms with van der Waals surface area (Å²) in [6, 6.07) is 16.1. The molecule has 1 saturated heterocycles. The molecule has 1 N–H and O–H groups in total. The Morgan fingerprint density at radius 2 is 1.96 bits per heavy atom. The zero-order valence-electron chi connectivity index (χ0n) is 13.4. The molecule has 0 aliphatic carbocycles. The van der Waals surface area contributed by atoms with Crippen molar-refractivity contribution in [3.05, 3.63) is 59.1 Å². The molecule has 6 heteroatoms. The summed E-state index contributed by atoms with van der Waals surface area (Å²) in [5.74, 6) is 0.889. The third-order valence-electron chi connectivity index (χ3n) is 3.82. The zero-order chi connectivity index (χ0) is 16.1. The lowest BCUT2D eigenvalue weighted by atomic mass is 10.1. The van der Waals surface area contributed by atoms with Crippen LogP contribution in [-0.2, 0) is 4.74 Å². The molecule has 0 spiro atoms. The highest BCUT2D eigenvalue weighted by Crippen LogP contribution is 2.43. The number of hydrogen-bond acceptors (Lipinski definition) is 4. The van der Waals surface area contributed by atoms with Crippen molar-refractivity contribution in [3.63, 3.8) is 0 Å². The molecule has 1 fully saturated rings. The van der Waals surface area contributed by atoms with Crippen molar-refractivity contribution in [3.8, 4) is 5.75 Å². The van der Waals surface area contributed by atoms with Gasteiger partial charge in [-0.15, -0.1) is 24.2 Å². The monoisotopic (exact) mass is 385 g/mol. The molecule has 0 saturated carbocycles. The van der Waals surface area contributed by atoms with Crippen LogP contribution in [0.25, 0.3) is 0 Å². The Labute approximate surface area is 158 Å². The van der Waals surface area contributed by atoms with E-state index >= 15 is 0 Å². The van der Waals surface area contributed by atoms with E-state index in [1.807, 2.05) is 30.3 Å². The van der Waals surface area contributed by atoms with Crippen molar-refractivity contribution >= 4 is 35.8 Å². The lowest BCUT2D eigenvalue weighted by molar-refractivity contribution is 0.0273. The molecule has 3 nitrogen and oxygen atoms in total. The van der Waals surface area contributed by atoms with E-state index in [1.165, 1.54) is 5.56 Å². The lowest BCUT2D eigenvalue weighted by Crippen LogP contribution is -2.41. The van der Waals surface area contributed by atoms with Gasteiger partial charge in [0.1, 0.15) is 5.75 Å². The topological polar surface area (TPSA) is 30.5 Å². The molecule has 1 heterocycles. The number of rotatable bonds is 5. The van der Waals surface area contributed by atoms with Gasteiger partial charge >= 0.3 is 0 Å². The Morgan fingerprint density at radius 1 is 1.21 bits per heavy atom. The Bertz CT molecular complexity index is 633. The molecule has 2 atom stereocenters. The van der Waals surface area contributed by atoms with Gasteiger partial charge in [-0.05, 0) is 29.8 Å². The van der Waals surface area contributed by atoms with Crippen LogP contribution in [-0.4, -0.2) is 32.9 Å². The summed E-state index contributed by atoms with van der Waals surface area (Å²) in [6.45, 7) is 2.49. The van der Waals surface area contributed by atoms with E-state index in [4.69, 9.17) is 21.1 Å². The van der Waals surface area contributed by atoms with Crippen molar-refractivity contribution in [1.29, 1.82) is 0 Å². The Hall–Kier alpha value is -0.910. The van der Waals surface area contributed by atoms with Gasteiger partial charge in [0, 0.05) is 18.1 Å². The SMILES string of the molecule is COc1ccccc1SC(c1ccc(Cl)cc1)[C@H]1CNCCO1.Cl. The fourth-order valence-electron chi connectivity index (χ4n) is 2.64. The largest absolute Gasteiger partial charge is 0.496 e. The standard InChI is InChI=1S/C18H20ClNO2S.ClH/c1-21-15-4-2-3-5-17(15)23-18(16-12-20-10-11-22-16)13-6-8-14(19)9-7-13;/h2-9,16,18,20H,10-12H2,1H3;1H/t16-,18?;/m1./s1. The highest BCUT2D eigenvalue weighted by Gasteiger charge is 2.27. The summed E-state index contributed by atoms with van der Waals surface area (Å²) in [6.07, 6.45) is 0.111. The van der Waals surface area contributed by atoms with Crippen LogP contribution in [0.1, 0.15) is 10.8 Å². The second kappa shape index (κ2) is 9.54. The van der Waals surface area contributed by atoms with E-state index in [0.717, 1.165) is 35.4 Å². The van der Waals surface area contributed by atoms with Gasteiger partial charge in [0.2, 0.25) is 0 Å². The van der Waals surface area contributed by atoms with Crippen LogP contribution >= 0.6 is 35.8 Å². The lowest BCUT2D eigenvalue weighted by Gasteiger charge is -2.31. The van der Waals surface area contributed by atoms with Crippen LogP contribution in [0.2, 0.25) is 5.02 Å². The summed E-state index contributed by atoms with van der Waals surface area (Å²) in [5.41, 5.74) is 1.21. The van der Waals surface area contributed by atoms with Gasteiger partial charge in [-0.25, -0.2) is 0 Å². The summed E-state index contributed by atoms with van der Waals surface area (Å²) in [4.78, 5) is 1.11. The highest BCUT2D eigenvalue weighted by atomic mass is 35.5. The van der Waals surface area contributed by atoms with E-state index in [-0.39, 0.29) is 23.8 Å². The third-order valence-corrected chi connectivity index (χ3v) is 5.49. The fourth-order valence-corrected chi connectivity index (χ4v) is 4.09. The minimum absolute atomic E-state index is 0. The van der Waals surface area contributed by atoms with Gasteiger partial charge < -0.3 is 14.8 Å². The molecule has 2 aromatic carbocycles. The van der Waals surface area contributed by atoms with Gasteiger partial charge in [0.05, 0.1) is 30.0 Å². The number of methoxy groups -OCH3 is 1. The molecule has 0 amide bonds. The van der Waals surface area contributed by atoms with E-state index in [0.29, 0.717) is 0 Å². The van der Waals surface area contributed by atoms with Gasteiger partial charge in [0.15, 0.2) is 0 Å². The number of ether oxygens (including phenoxy) is 2. The maximum Gasteiger partial charge on any atom is 0.132 e. The van der Waals surface area contributed by atoms with Gasteiger partial charge in [-0.1, -0.05) is 35.9 Å². The minimum Gasteiger partial charge on any atom is -0.496 e. The van der Waals surface area contributed by atoms with Gasteiger partial charge in [-0.2, -0.15) is 0 Å². The minimum atomic E-state index is 0. The first-order valence-corrected chi connectivity index (χ1v) is 8.91. The van der Waals surface area contributed by atoms with Crippen molar-refractivity contribution < 1.29 is 9.47 Å². The molecule has 0 aromatic heterocycles. The van der Waals surface area contributed by atoms with Crippen LogP contribution in [0.15, 0.2) is 53.4 Å². The summed E-state index contributed by atoms with van der Waals surface area (Å²) in [7, 11) is 1.70.